The zero-order valence-electron chi connectivity index (χ0n) is 10.6. The largest absolute Gasteiger partial charge is 0.448 e. The molecule has 7 heteroatoms. The van der Waals surface area contributed by atoms with Crippen LogP contribution in [0.4, 0.5) is 0 Å². The van der Waals surface area contributed by atoms with E-state index in [0.717, 1.165) is 18.6 Å². The lowest BCUT2D eigenvalue weighted by molar-refractivity contribution is 0.416. The highest BCUT2D eigenvalue weighted by atomic mass is 35.5. The maximum absolute atomic E-state index is 5.23. The van der Waals surface area contributed by atoms with E-state index in [1.165, 1.54) is 6.39 Å². The molecule has 0 fully saturated rings. The van der Waals surface area contributed by atoms with Crippen molar-refractivity contribution in [1.29, 1.82) is 0 Å². The molecule has 2 heterocycles. The van der Waals surface area contributed by atoms with Crippen molar-refractivity contribution in [3.63, 3.8) is 0 Å². The monoisotopic (exact) mass is 272 g/mol. The number of hydrogen-bond donors (Lipinski definition) is 1. The molecule has 0 bridgehead atoms. The number of likely N-dealkylation sites (N-methyl/N-ethyl adjacent to an activating group) is 1. The summed E-state index contributed by atoms with van der Waals surface area (Å²) in [5, 5.41) is 7.05. The van der Waals surface area contributed by atoms with E-state index in [-0.39, 0.29) is 12.4 Å². The zero-order chi connectivity index (χ0) is 12.3. The van der Waals surface area contributed by atoms with Crippen LogP contribution in [0, 0.1) is 0 Å². The van der Waals surface area contributed by atoms with Gasteiger partial charge in [0.05, 0.1) is 0 Å². The van der Waals surface area contributed by atoms with Gasteiger partial charge in [-0.25, -0.2) is 4.98 Å². The molecule has 0 aromatic carbocycles. The summed E-state index contributed by atoms with van der Waals surface area (Å²) in [7, 11) is 1.90. The molecule has 2 rings (SSSR count). The lowest BCUT2D eigenvalue weighted by Gasteiger charge is -2.04. The lowest BCUT2D eigenvalue weighted by atomic mass is 10.2. The molecule has 1 unspecified atom stereocenters. The fraction of sp³-hybridized carbons (Fsp3) is 0.545. The highest BCUT2D eigenvalue weighted by Crippen LogP contribution is 2.20. The second-order valence-corrected chi connectivity index (χ2v) is 3.89. The molecular weight excluding hydrogens is 256 g/mol. The fourth-order valence-electron chi connectivity index (χ4n) is 1.50. The molecule has 0 amide bonds. The number of nitrogens with one attached hydrogen (secondary N) is 1. The molecule has 0 radical (unpaired) electrons. The molecule has 0 aliphatic rings. The Bertz CT molecular complexity index is 483. The Morgan fingerprint density at radius 3 is 2.89 bits per heavy atom. The van der Waals surface area contributed by atoms with Crippen molar-refractivity contribution in [2.75, 3.05) is 7.05 Å². The molecule has 18 heavy (non-hydrogen) atoms. The maximum atomic E-state index is 5.23. The zero-order valence-corrected chi connectivity index (χ0v) is 11.5. The second-order valence-electron chi connectivity index (χ2n) is 3.89. The van der Waals surface area contributed by atoms with Gasteiger partial charge >= 0.3 is 0 Å². The van der Waals surface area contributed by atoms with Gasteiger partial charge in [0.25, 0.3) is 5.89 Å². The highest BCUT2D eigenvalue weighted by molar-refractivity contribution is 5.85. The topological polar surface area (TPSA) is 77.0 Å². The van der Waals surface area contributed by atoms with Crippen LogP contribution >= 0.6 is 12.4 Å². The lowest BCUT2D eigenvalue weighted by Crippen LogP contribution is -2.24. The Labute approximate surface area is 112 Å². The van der Waals surface area contributed by atoms with Gasteiger partial charge in [0.2, 0.25) is 0 Å². The summed E-state index contributed by atoms with van der Waals surface area (Å²) in [5.74, 6) is 1.86. The Morgan fingerprint density at radius 1 is 1.44 bits per heavy atom. The normalized spacial score (nSPS) is 12.2. The van der Waals surface area contributed by atoms with Gasteiger partial charge in [-0.2, -0.15) is 4.98 Å². The van der Waals surface area contributed by atoms with E-state index in [2.05, 4.69) is 27.4 Å². The molecule has 1 atom stereocenters. The first-order valence-corrected chi connectivity index (χ1v) is 5.67. The van der Waals surface area contributed by atoms with Crippen LogP contribution in [0.15, 0.2) is 15.3 Å². The highest BCUT2D eigenvalue weighted by Gasteiger charge is 2.17. The van der Waals surface area contributed by atoms with Crippen molar-refractivity contribution in [3.8, 4) is 11.6 Å². The average molecular weight is 273 g/mol. The van der Waals surface area contributed by atoms with Crippen molar-refractivity contribution in [2.45, 2.75) is 32.7 Å². The number of aromatic nitrogens is 3. The summed E-state index contributed by atoms with van der Waals surface area (Å²) < 4.78 is 10.4. The van der Waals surface area contributed by atoms with Crippen molar-refractivity contribution < 1.29 is 8.94 Å². The van der Waals surface area contributed by atoms with Gasteiger partial charge in [-0.05, 0) is 14.0 Å². The Balaban J connectivity index is 0.00000162. The molecule has 0 spiro atoms. The number of aryl methyl sites for hydroxylation is 1. The van der Waals surface area contributed by atoms with E-state index in [9.17, 15) is 0 Å². The second kappa shape index (κ2) is 6.51. The van der Waals surface area contributed by atoms with E-state index in [1.54, 1.807) is 0 Å². The third-order valence-electron chi connectivity index (χ3n) is 2.61. The van der Waals surface area contributed by atoms with Crippen LogP contribution in [0.1, 0.15) is 25.4 Å². The number of halogens is 1. The average Bonchev–Trinajstić information content (AvgIpc) is 2.95. The number of rotatable bonds is 5. The van der Waals surface area contributed by atoms with E-state index < -0.39 is 0 Å². The first kappa shape index (κ1) is 14.7. The summed E-state index contributed by atoms with van der Waals surface area (Å²) in [6, 6.07) is 0.309. The molecule has 2 aromatic rings. The molecule has 100 valence electrons. The first-order chi connectivity index (χ1) is 8.24. The molecule has 6 nitrogen and oxygen atoms in total. The minimum Gasteiger partial charge on any atom is -0.448 e. The van der Waals surface area contributed by atoms with Gasteiger partial charge in [0.1, 0.15) is 5.76 Å². The maximum Gasteiger partial charge on any atom is 0.280 e. The van der Waals surface area contributed by atoms with Crippen LogP contribution in [0.3, 0.4) is 0 Å². The van der Waals surface area contributed by atoms with E-state index >= 15 is 0 Å². The fourth-order valence-corrected chi connectivity index (χ4v) is 1.50. The predicted molar refractivity (Wildman–Crippen MR) is 68.6 cm³/mol. The number of hydrogen-bond acceptors (Lipinski definition) is 6. The van der Waals surface area contributed by atoms with Crippen LogP contribution < -0.4 is 5.32 Å². The van der Waals surface area contributed by atoms with Crippen molar-refractivity contribution >= 4 is 12.4 Å². The minimum atomic E-state index is 0. The Kier molecular flexibility index (Phi) is 5.30. The summed E-state index contributed by atoms with van der Waals surface area (Å²) >= 11 is 0. The van der Waals surface area contributed by atoms with Gasteiger partial charge in [0, 0.05) is 18.9 Å². The van der Waals surface area contributed by atoms with E-state index in [4.69, 9.17) is 8.94 Å². The van der Waals surface area contributed by atoms with E-state index in [0.29, 0.717) is 23.5 Å². The predicted octanol–water partition coefficient (Wildman–Crippen LogP) is 1.86. The van der Waals surface area contributed by atoms with Crippen LogP contribution in [-0.2, 0) is 12.8 Å². The smallest absolute Gasteiger partial charge is 0.280 e. The van der Waals surface area contributed by atoms with Gasteiger partial charge in [-0.1, -0.05) is 12.1 Å². The summed E-state index contributed by atoms with van der Waals surface area (Å²) in [5.41, 5.74) is 0.642. The third kappa shape index (κ3) is 3.08. The molecular formula is C11H17ClN4O2. The van der Waals surface area contributed by atoms with Crippen molar-refractivity contribution in [1.82, 2.24) is 20.4 Å². The van der Waals surface area contributed by atoms with Crippen molar-refractivity contribution in [3.05, 3.63) is 18.0 Å². The quantitative estimate of drug-likeness (QED) is 0.895. The van der Waals surface area contributed by atoms with Gasteiger partial charge in [-0.15, -0.1) is 12.4 Å². The summed E-state index contributed by atoms with van der Waals surface area (Å²) in [6.45, 7) is 4.05. The molecule has 0 saturated carbocycles. The van der Waals surface area contributed by atoms with Crippen LogP contribution in [0.2, 0.25) is 0 Å². The summed E-state index contributed by atoms with van der Waals surface area (Å²) in [4.78, 5) is 8.40. The van der Waals surface area contributed by atoms with E-state index in [1.807, 2.05) is 14.0 Å². The Morgan fingerprint density at radius 2 is 2.22 bits per heavy atom. The van der Waals surface area contributed by atoms with Crippen LogP contribution in [0.5, 0.6) is 0 Å². The van der Waals surface area contributed by atoms with Gasteiger partial charge in [0.15, 0.2) is 17.9 Å². The first-order valence-electron chi connectivity index (χ1n) is 5.67. The Hall–Kier alpha value is -1.40. The molecule has 2 aromatic heterocycles. The number of oxazole rings is 1. The minimum absolute atomic E-state index is 0. The molecule has 0 aliphatic heterocycles. The SMILES string of the molecule is CCc1ocnc1-c1nc(CC(C)NC)no1.Cl. The molecule has 0 aliphatic carbocycles. The standard InChI is InChI=1S/C11H16N4O2.ClH/c1-4-8-10(13-6-16-8)11-14-9(15-17-11)5-7(2)12-3;/h6-7,12H,4-5H2,1-3H3;1H. The van der Waals surface area contributed by atoms with Gasteiger partial charge in [-0.3, -0.25) is 0 Å². The molecule has 1 N–H and O–H groups in total. The third-order valence-corrected chi connectivity index (χ3v) is 2.61. The summed E-state index contributed by atoms with van der Waals surface area (Å²) in [6.07, 6.45) is 2.87. The van der Waals surface area contributed by atoms with Crippen LogP contribution in [-0.4, -0.2) is 28.2 Å². The number of nitrogens with zero attached hydrogens (tertiary/aromatic N) is 3. The van der Waals surface area contributed by atoms with Gasteiger partial charge < -0.3 is 14.3 Å². The van der Waals surface area contributed by atoms with Crippen molar-refractivity contribution in [2.24, 2.45) is 0 Å². The van der Waals surface area contributed by atoms with Crippen LogP contribution in [0.25, 0.3) is 11.6 Å². The molecule has 0 saturated heterocycles.